The second-order valence-electron chi connectivity index (χ2n) is 8.15. The zero-order valence-electron chi connectivity index (χ0n) is 16.1. The summed E-state index contributed by atoms with van der Waals surface area (Å²) >= 11 is 0. The highest BCUT2D eigenvalue weighted by Crippen LogP contribution is 2.55. The number of nitrogens with one attached hydrogen (secondary N) is 1. The lowest BCUT2D eigenvalue weighted by molar-refractivity contribution is -0.348. The van der Waals surface area contributed by atoms with Crippen molar-refractivity contribution in [2.45, 2.75) is 62.6 Å². The van der Waals surface area contributed by atoms with E-state index in [1.165, 1.54) is 0 Å². The molecule has 3 rings (SSSR count). The van der Waals surface area contributed by atoms with Gasteiger partial charge in [0, 0.05) is 17.5 Å². The zero-order valence-corrected chi connectivity index (χ0v) is 16.1. The van der Waals surface area contributed by atoms with Gasteiger partial charge in [-0.25, -0.2) is 4.39 Å². The number of benzene rings is 1. The Labute approximate surface area is 168 Å². The molecule has 1 fully saturated rings. The van der Waals surface area contributed by atoms with Crippen molar-refractivity contribution in [1.29, 1.82) is 0 Å². The quantitative estimate of drug-likeness (QED) is 0.675. The van der Waals surface area contributed by atoms with Crippen molar-refractivity contribution in [2.75, 3.05) is 6.61 Å². The number of rotatable bonds is 4. The lowest BCUT2D eigenvalue weighted by Gasteiger charge is -2.34. The van der Waals surface area contributed by atoms with Crippen LogP contribution in [-0.4, -0.2) is 36.0 Å². The number of aliphatic hydroxyl groups is 1. The highest BCUT2D eigenvalue weighted by molar-refractivity contribution is 5.80. The van der Waals surface area contributed by atoms with Crippen molar-refractivity contribution in [1.82, 2.24) is 5.32 Å². The Kier molecular flexibility index (Phi) is 5.85. The van der Waals surface area contributed by atoms with Crippen molar-refractivity contribution >= 4 is 5.91 Å². The molecule has 4 atom stereocenters. The third-order valence-corrected chi connectivity index (χ3v) is 6.29. The summed E-state index contributed by atoms with van der Waals surface area (Å²) in [5.74, 6) is -0.855. The van der Waals surface area contributed by atoms with Crippen LogP contribution in [0.1, 0.15) is 48.8 Å². The van der Waals surface area contributed by atoms with E-state index >= 15 is 0 Å². The summed E-state index contributed by atoms with van der Waals surface area (Å²) in [6.45, 7) is 1.42. The highest BCUT2D eigenvalue weighted by atomic mass is 19.4. The van der Waals surface area contributed by atoms with Crippen LogP contribution in [0.25, 0.3) is 0 Å². The number of amides is 1. The lowest BCUT2D eigenvalue weighted by atomic mass is 9.73. The van der Waals surface area contributed by atoms with Gasteiger partial charge in [-0.15, -0.1) is 0 Å². The van der Waals surface area contributed by atoms with Crippen molar-refractivity contribution < 1.29 is 40.6 Å². The Bertz CT molecular complexity index is 791. The minimum atomic E-state index is -6.14. The molecule has 0 heterocycles. The van der Waals surface area contributed by atoms with Crippen LogP contribution in [0.5, 0.6) is 0 Å². The number of hydrogen-bond acceptors (Lipinski definition) is 2. The highest BCUT2D eigenvalue weighted by Gasteiger charge is 2.73. The first-order valence-corrected chi connectivity index (χ1v) is 9.68. The van der Waals surface area contributed by atoms with E-state index in [2.05, 4.69) is 5.32 Å². The van der Waals surface area contributed by atoms with Crippen LogP contribution >= 0.6 is 0 Å². The smallest absolute Gasteiger partial charge is 0.394 e. The van der Waals surface area contributed by atoms with Gasteiger partial charge < -0.3 is 10.4 Å². The van der Waals surface area contributed by atoms with Crippen LogP contribution in [0.2, 0.25) is 0 Å². The first kappa shape index (κ1) is 22.8. The van der Waals surface area contributed by atoms with Crippen LogP contribution in [0, 0.1) is 11.8 Å². The minimum Gasteiger partial charge on any atom is -0.394 e. The summed E-state index contributed by atoms with van der Waals surface area (Å²) in [5.41, 5.74) is -6.07. The Morgan fingerprint density at radius 1 is 1.10 bits per heavy atom. The van der Waals surface area contributed by atoms with E-state index in [0.717, 1.165) is 6.07 Å². The van der Waals surface area contributed by atoms with Crippen LogP contribution < -0.4 is 5.32 Å². The monoisotopic (exact) mass is 441 g/mol. The molecule has 1 aromatic carbocycles. The van der Waals surface area contributed by atoms with Crippen molar-refractivity contribution in [2.24, 2.45) is 11.8 Å². The third-order valence-electron chi connectivity index (χ3n) is 6.29. The average Bonchev–Trinajstić information content (AvgIpc) is 3.09. The van der Waals surface area contributed by atoms with Crippen LogP contribution in [0.4, 0.5) is 30.7 Å². The van der Waals surface area contributed by atoms with Crippen molar-refractivity contribution in [3.05, 3.63) is 34.9 Å². The van der Waals surface area contributed by atoms with E-state index in [4.69, 9.17) is 5.11 Å². The zero-order chi connectivity index (χ0) is 22.5. The van der Waals surface area contributed by atoms with Gasteiger partial charge in [-0.2, -0.15) is 26.3 Å². The fourth-order valence-electron chi connectivity index (χ4n) is 4.79. The van der Waals surface area contributed by atoms with Gasteiger partial charge in [0.05, 0.1) is 6.61 Å². The SMILES string of the molecule is CC(CO)NC(=O)[C@@H]1CCC2c3ccc(C(F)(C(F)(F)F)C(F)(F)F)cc3CCC21. The molecule has 1 amide bonds. The third kappa shape index (κ3) is 3.67. The first-order chi connectivity index (χ1) is 13.8. The summed E-state index contributed by atoms with van der Waals surface area (Å²) in [6.07, 6.45) is -10.6. The van der Waals surface area contributed by atoms with Gasteiger partial charge in [-0.1, -0.05) is 18.2 Å². The van der Waals surface area contributed by atoms with E-state index in [9.17, 15) is 35.5 Å². The molecule has 30 heavy (non-hydrogen) atoms. The predicted molar refractivity (Wildman–Crippen MR) is 93.3 cm³/mol. The van der Waals surface area contributed by atoms with Gasteiger partial charge in [0.25, 0.3) is 0 Å². The number of halogens is 7. The average molecular weight is 441 g/mol. The van der Waals surface area contributed by atoms with Crippen molar-refractivity contribution in [3.8, 4) is 0 Å². The summed E-state index contributed by atoms with van der Waals surface area (Å²) in [7, 11) is 0. The molecular weight excluding hydrogens is 419 g/mol. The maximum absolute atomic E-state index is 14.4. The molecule has 3 unspecified atom stereocenters. The van der Waals surface area contributed by atoms with Gasteiger partial charge in [0.2, 0.25) is 5.91 Å². The molecule has 168 valence electrons. The van der Waals surface area contributed by atoms with Gasteiger partial charge >= 0.3 is 18.0 Å². The Balaban J connectivity index is 1.90. The van der Waals surface area contributed by atoms with E-state index in [1.54, 1.807) is 6.92 Å². The topological polar surface area (TPSA) is 49.3 Å². The molecule has 1 aromatic rings. The van der Waals surface area contributed by atoms with Crippen LogP contribution in [-0.2, 0) is 16.9 Å². The number of aliphatic hydroxyl groups excluding tert-OH is 1. The number of hydrogen-bond donors (Lipinski definition) is 2. The number of carbonyl (C=O) groups excluding carboxylic acids is 1. The Morgan fingerprint density at radius 2 is 1.73 bits per heavy atom. The molecule has 0 radical (unpaired) electrons. The maximum atomic E-state index is 14.4. The molecule has 1 saturated carbocycles. The Morgan fingerprint density at radius 3 is 2.30 bits per heavy atom. The van der Waals surface area contributed by atoms with Gasteiger partial charge in [-0.05, 0) is 55.6 Å². The fourth-order valence-corrected chi connectivity index (χ4v) is 4.79. The Hall–Kier alpha value is -1.84. The molecule has 10 heteroatoms. The molecule has 2 aliphatic carbocycles. The van der Waals surface area contributed by atoms with Crippen LogP contribution in [0.15, 0.2) is 18.2 Å². The van der Waals surface area contributed by atoms with Gasteiger partial charge in [0.15, 0.2) is 0 Å². The largest absolute Gasteiger partial charge is 0.435 e. The molecule has 2 aliphatic rings. The summed E-state index contributed by atoms with van der Waals surface area (Å²) in [6, 6.07) is 1.96. The second kappa shape index (κ2) is 7.69. The maximum Gasteiger partial charge on any atom is 0.435 e. The van der Waals surface area contributed by atoms with Gasteiger partial charge in [0.1, 0.15) is 0 Å². The molecule has 3 nitrogen and oxygen atoms in total. The molecular formula is C20H22F7NO2. The molecule has 0 aromatic heterocycles. The number of aryl methyl sites for hydroxylation is 1. The normalized spacial score (nSPS) is 25.4. The summed E-state index contributed by atoms with van der Waals surface area (Å²) in [4.78, 5) is 12.5. The van der Waals surface area contributed by atoms with Crippen molar-refractivity contribution in [3.63, 3.8) is 0 Å². The van der Waals surface area contributed by atoms with E-state index in [1.807, 2.05) is 0 Å². The van der Waals surface area contributed by atoms with E-state index in [-0.39, 0.29) is 42.3 Å². The van der Waals surface area contributed by atoms with Crippen LogP contribution in [0.3, 0.4) is 0 Å². The fraction of sp³-hybridized carbons (Fsp3) is 0.650. The summed E-state index contributed by atoms with van der Waals surface area (Å²) in [5, 5.41) is 11.8. The summed E-state index contributed by atoms with van der Waals surface area (Å²) < 4.78 is 92.7. The first-order valence-electron chi connectivity index (χ1n) is 9.68. The molecule has 0 spiro atoms. The van der Waals surface area contributed by atoms with E-state index < -0.39 is 29.6 Å². The number of alkyl halides is 7. The standard InChI is InChI=1S/C20H22F7NO2/c1-10(9-29)28-17(30)16-7-6-14-13-5-3-12(8-11(13)2-4-15(14)16)18(21,19(22,23)24)20(25,26)27/h3,5,8,10,14-16,29H,2,4,6-7,9H2,1H3,(H,28,30)/t10?,14?,15?,16-/m1/s1. The number of carbonyl (C=O) groups is 1. The van der Waals surface area contributed by atoms with Gasteiger partial charge in [-0.3, -0.25) is 4.79 Å². The molecule has 0 bridgehead atoms. The predicted octanol–water partition coefficient (Wildman–Crippen LogP) is 4.53. The number of fused-ring (bicyclic) bond motifs is 3. The van der Waals surface area contributed by atoms with E-state index in [0.29, 0.717) is 37.0 Å². The lowest BCUT2D eigenvalue weighted by Crippen LogP contribution is -2.50. The molecule has 0 aliphatic heterocycles. The molecule has 2 N–H and O–H groups in total. The second-order valence-corrected chi connectivity index (χ2v) is 8.15. The molecule has 0 saturated heterocycles. The minimum absolute atomic E-state index is 0.102.